The SMILES string of the molecule is O=C(/C=C/c1ccc(Cl)cc1)Nc1cc(CO)c2c(c1)OCCCO2. The second kappa shape index (κ2) is 8.05. The highest BCUT2D eigenvalue weighted by Gasteiger charge is 2.16. The van der Waals surface area contributed by atoms with Crippen LogP contribution < -0.4 is 14.8 Å². The lowest BCUT2D eigenvalue weighted by Gasteiger charge is -2.13. The van der Waals surface area contributed by atoms with Crippen molar-refractivity contribution >= 4 is 29.3 Å². The number of benzene rings is 2. The van der Waals surface area contributed by atoms with E-state index < -0.39 is 0 Å². The maximum Gasteiger partial charge on any atom is 0.248 e. The summed E-state index contributed by atoms with van der Waals surface area (Å²) in [7, 11) is 0. The standard InChI is InChI=1S/C19H18ClNO4/c20-15-5-2-13(3-6-15)4-7-18(23)21-16-10-14(12-22)19-17(11-16)24-8-1-9-25-19/h2-7,10-11,22H,1,8-9,12H2,(H,21,23)/b7-4+. The zero-order valence-corrected chi connectivity index (χ0v) is 14.3. The van der Waals surface area contributed by atoms with Gasteiger partial charge in [-0.25, -0.2) is 0 Å². The second-order valence-electron chi connectivity index (χ2n) is 5.55. The summed E-state index contributed by atoms with van der Waals surface area (Å²) in [6.45, 7) is 0.872. The van der Waals surface area contributed by atoms with Gasteiger partial charge in [-0.1, -0.05) is 23.7 Å². The van der Waals surface area contributed by atoms with Crippen molar-refractivity contribution < 1.29 is 19.4 Å². The molecule has 1 amide bonds. The molecule has 3 rings (SSSR count). The van der Waals surface area contributed by atoms with Gasteiger partial charge in [-0.05, 0) is 29.8 Å². The number of aliphatic hydroxyl groups is 1. The summed E-state index contributed by atoms with van der Waals surface area (Å²) in [6.07, 6.45) is 3.90. The van der Waals surface area contributed by atoms with Crippen molar-refractivity contribution in [3.8, 4) is 11.5 Å². The Hall–Kier alpha value is -2.50. The summed E-state index contributed by atoms with van der Waals surface area (Å²) < 4.78 is 11.3. The molecule has 2 aromatic carbocycles. The third-order valence-corrected chi connectivity index (χ3v) is 3.91. The Balaban J connectivity index is 1.74. The fourth-order valence-corrected chi connectivity index (χ4v) is 2.59. The number of anilines is 1. The molecule has 0 spiro atoms. The summed E-state index contributed by atoms with van der Waals surface area (Å²) in [4.78, 5) is 12.1. The number of aliphatic hydroxyl groups excluding tert-OH is 1. The molecule has 130 valence electrons. The zero-order valence-electron chi connectivity index (χ0n) is 13.5. The van der Waals surface area contributed by atoms with E-state index in [4.69, 9.17) is 21.1 Å². The minimum atomic E-state index is -0.284. The van der Waals surface area contributed by atoms with Gasteiger partial charge in [0.2, 0.25) is 5.91 Å². The van der Waals surface area contributed by atoms with Crippen molar-refractivity contribution in [2.75, 3.05) is 18.5 Å². The number of fused-ring (bicyclic) bond motifs is 1. The smallest absolute Gasteiger partial charge is 0.248 e. The minimum absolute atomic E-state index is 0.198. The van der Waals surface area contributed by atoms with Crippen LogP contribution in [0.4, 0.5) is 5.69 Å². The second-order valence-corrected chi connectivity index (χ2v) is 5.98. The number of halogens is 1. The molecule has 1 aliphatic rings. The number of amides is 1. The van der Waals surface area contributed by atoms with Crippen LogP contribution in [0.5, 0.6) is 11.5 Å². The van der Waals surface area contributed by atoms with E-state index in [2.05, 4.69) is 5.32 Å². The first-order valence-electron chi connectivity index (χ1n) is 7.94. The minimum Gasteiger partial charge on any atom is -0.489 e. The third-order valence-electron chi connectivity index (χ3n) is 3.66. The Morgan fingerprint density at radius 1 is 1.20 bits per heavy atom. The molecule has 1 aliphatic heterocycles. The lowest BCUT2D eigenvalue weighted by Crippen LogP contribution is -2.09. The van der Waals surface area contributed by atoms with Gasteiger partial charge in [0, 0.05) is 34.8 Å². The highest BCUT2D eigenvalue weighted by atomic mass is 35.5. The monoisotopic (exact) mass is 359 g/mol. The molecule has 0 radical (unpaired) electrons. The Bertz CT molecular complexity index is 787. The van der Waals surface area contributed by atoms with Crippen molar-refractivity contribution in [3.63, 3.8) is 0 Å². The van der Waals surface area contributed by atoms with Crippen LogP contribution in [-0.4, -0.2) is 24.2 Å². The highest BCUT2D eigenvalue weighted by Crippen LogP contribution is 2.36. The first-order chi connectivity index (χ1) is 12.2. The molecule has 1 heterocycles. The van der Waals surface area contributed by atoms with Gasteiger partial charge in [-0.2, -0.15) is 0 Å². The van der Waals surface area contributed by atoms with Gasteiger partial charge in [-0.3, -0.25) is 4.79 Å². The van der Waals surface area contributed by atoms with Gasteiger partial charge in [-0.15, -0.1) is 0 Å². The van der Waals surface area contributed by atoms with E-state index in [0.29, 0.717) is 41.0 Å². The maximum absolute atomic E-state index is 12.1. The number of carbonyl (C=O) groups is 1. The van der Waals surface area contributed by atoms with Gasteiger partial charge < -0.3 is 19.9 Å². The van der Waals surface area contributed by atoms with Crippen LogP contribution in [0, 0.1) is 0 Å². The molecule has 2 aromatic rings. The number of rotatable bonds is 4. The average molecular weight is 360 g/mol. The van der Waals surface area contributed by atoms with E-state index in [-0.39, 0.29) is 12.5 Å². The first-order valence-corrected chi connectivity index (χ1v) is 8.31. The van der Waals surface area contributed by atoms with Crippen LogP contribution in [0.25, 0.3) is 6.08 Å². The largest absolute Gasteiger partial charge is 0.489 e. The first kappa shape index (κ1) is 17.3. The molecule has 0 aromatic heterocycles. The topological polar surface area (TPSA) is 67.8 Å². The quantitative estimate of drug-likeness (QED) is 0.818. The number of ether oxygens (including phenoxy) is 2. The van der Waals surface area contributed by atoms with Crippen LogP contribution in [0.15, 0.2) is 42.5 Å². The summed E-state index contributed by atoms with van der Waals surface area (Å²) in [5.41, 5.74) is 1.99. The van der Waals surface area contributed by atoms with E-state index in [0.717, 1.165) is 12.0 Å². The molecular formula is C19H18ClNO4. The molecule has 25 heavy (non-hydrogen) atoms. The number of nitrogens with one attached hydrogen (secondary N) is 1. The Morgan fingerprint density at radius 3 is 2.72 bits per heavy atom. The molecule has 0 aliphatic carbocycles. The Kier molecular flexibility index (Phi) is 5.58. The highest BCUT2D eigenvalue weighted by molar-refractivity contribution is 6.30. The van der Waals surface area contributed by atoms with E-state index in [1.54, 1.807) is 30.3 Å². The van der Waals surface area contributed by atoms with Gasteiger partial charge in [0.1, 0.15) is 0 Å². The predicted octanol–water partition coefficient (Wildman–Crippen LogP) is 3.65. The van der Waals surface area contributed by atoms with Crippen molar-refractivity contribution in [2.45, 2.75) is 13.0 Å². The van der Waals surface area contributed by atoms with Crippen LogP contribution in [-0.2, 0) is 11.4 Å². The van der Waals surface area contributed by atoms with Gasteiger partial charge in [0.25, 0.3) is 0 Å². The predicted molar refractivity (Wildman–Crippen MR) is 97.1 cm³/mol. The molecule has 6 heteroatoms. The molecular weight excluding hydrogens is 342 g/mol. The molecule has 0 atom stereocenters. The van der Waals surface area contributed by atoms with E-state index in [1.165, 1.54) is 6.08 Å². The number of hydrogen-bond donors (Lipinski definition) is 2. The summed E-state index contributed by atoms with van der Waals surface area (Å²) in [6, 6.07) is 10.6. The lowest BCUT2D eigenvalue weighted by atomic mass is 10.1. The van der Waals surface area contributed by atoms with E-state index in [9.17, 15) is 9.90 Å². The van der Waals surface area contributed by atoms with Gasteiger partial charge in [0.05, 0.1) is 19.8 Å². The van der Waals surface area contributed by atoms with Gasteiger partial charge >= 0.3 is 0 Å². The Labute approximate surface area is 150 Å². The van der Waals surface area contributed by atoms with Gasteiger partial charge in [0.15, 0.2) is 11.5 Å². The van der Waals surface area contributed by atoms with Crippen molar-refractivity contribution in [3.05, 3.63) is 58.6 Å². The molecule has 5 nitrogen and oxygen atoms in total. The van der Waals surface area contributed by atoms with Crippen molar-refractivity contribution in [1.82, 2.24) is 0 Å². The maximum atomic E-state index is 12.1. The van der Waals surface area contributed by atoms with Crippen molar-refractivity contribution in [2.24, 2.45) is 0 Å². The van der Waals surface area contributed by atoms with Crippen LogP contribution in [0.1, 0.15) is 17.5 Å². The average Bonchev–Trinajstić information content (AvgIpc) is 2.86. The number of carbonyl (C=O) groups excluding carboxylic acids is 1. The summed E-state index contributed by atoms with van der Waals surface area (Å²) in [5, 5.41) is 13.0. The molecule has 2 N–H and O–H groups in total. The lowest BCUT2D eigenvalue weighted by molar-refractivity contribution is -0.111. The molecule has 0 saturated carbocycles. The summed E-state index contributed by atoms with van der Waals surface area (Å²) >= 11 is 5.83. The summed E-state index contributed by atoms with van der Waals surface area (Å²) in [5.74, 6) is 0.782. The zero-order chi connectivity index (χ0) is 17.6. The number of hydrogen-bond acceptors (Lipinski definition) is 4. The van der Waals surface area contributed by atoms with Crippen LogP contribution in [0.2, 0.25) is 5.02 Å². The normalized spacial score (nSPS) is 13.5. The van der Waals surface area contributed by atoms with Crippen LogP contribution >= 0.6 is 11.6 Å². The van der Waals surface area contributed by atoms with Crippen LogP contribution in [0.3, 0.4) is 0 Å². The van der Waals surface area contributed by atoms with E-state index in [1.807, 2.05) is 12.1 Å². The molecule has 0 bridgehead atoms. The van der Waals surface area contributed by atoms with E-state index >= 15 is 0 Å². The fraction of sp³-hybridized carbons (Fsp3) is 0.211. The molecule has 0 unspecified atom stereocenters. The Morgan fingerprint density at radius 2 is 1.96 bits per heavy atom. The van der Waals surface area contributed by atoms with Crippen molar-refractivity contribution in [1.29, 1.82) is 0 Å². The fourth-order valence-electron chi connectivity index (χ4n) is 2.47. The molecule has 0 saturated heterocycles. The molecule has 0 fully saturated rings. The third kappa shape index (κ3) is 4.53.